The fourth-order valence-corrected chi connectivity index (χ4v) is 3.03. The first-order chi connectivity index (χ1) is 9.26. The molecular weight excluding hydrogens is 300 g/mol. The molecule has 0 aliphatic heterocycles. The number of benzene rings is 1. The summed E-state index contributed by atoms with van der Waals surface area (Å²) in [5.74, 6) is 2.50. The van der Waals surface area contributed by atoms with Crippen molar-refractivity contribution in [2.45, 2.75) is 16.5 Å². The van der Waals surface area contributed by atoms with E-state index in [2.05, 4.69) is 10.2 Å². The third kappa shape index (κ3) is 3.66. The van der Waals surface area contributed by atoms with E-state index >= 15 is 0 Å². The molecule has 0 saturated heterocycles. The molecule has 1 aromatic carbocycles. The van der Waals surface area contributed by atoms with Crippen LogP contribution >= 0.6 is 35.3 Å². The summed E-state index contributed by atoms with van der Waals surface area (Å²) in [5.41, 5.74) is 1.04. The van der Waals surface area contributed by atoms with Crippen molar-refractivity contribution in [3.8, 4) is 11.4 Å². The van der Waals surface area contributed by atoms with E-state index in [-0.39, 0.29) is 0 Å². The Bertz CT molecular complexity index is 527. The normalized spacial score (nSPS) is 10.9. The van der Waals surface area contributed by atoms with Crippen LogP contribution in [0, 0.1) is 0 Å². The van der Waals surface area contributed by atoms with E-state index in [4.69, 9.17) is 16.7 Å². The number of hydrogen-bond donors (Lipinski definition) is 1. The lowest BCUT2D eigenvalue weighted by atomic mass is 10.2. The molecule has 0 spiro atoms. The van der Waals surface area contributed by atoms with Gasteiger partial charge in [-0.1, -0.05) is 23.9 Å². The van der Waals surface area contributed by atoms with E-state index in [9.17, 15) is 0 Å². The van der Waals surface area contributed by atoms with Crippen LogP contribution in [0.5, 0.6) is 0 Å². The van der Waals surface area contributed by atoms with E-state index in [0.717, 1.165) is 33.6 Å². The molecule has 19 heavy (non-hydrogen) atoms. The van der Waals surface area contributed by atoms with Gasteiger partial charge in [-0.15, -0.1) is 21.8 Å². The number of aromatic nitrogens is 3. The van der Waals surface area contributed by atoms with Gasteiger partial charge in [-0.3, -0.25) is 5.14 Å². The Hall–Kier alpha value is -0.690. The first kappa shape index (κ1) is 14.7. The maximum absolute atomic E-state index is 5.67. The van der Waals surface area contributed by atoms with E-state index < -0.39 is 0 Å². The number of hydrogen-bond acceptors (Lipinski definition) is 5. The quantitative estimate of drug-likeness (QED) is 0.384. The van der Waals surface area contributed by atoms with Gasteiger partial charge in [0, 0.05) is 29.1 Å². The average molecular weight is 315 g/mol. The van der Waals surface area contributed by atoms with Crippen molar-refractivity contribution in [1.82, 2.24) is 14.8 Å². The SMILES string of the molecule is Cn1c(SCCCCl)nnc1-c1ccc(SN)cc1. The summed E-state index contributed by atoms with van der Waals surface area (Å²) >= 11 is 8.58. The van der Waals surface area contributed by atoms with Gasteiger partial charge in [-0.2, -0.15) is 0 Å². The highest BCUT2D eigenvalue weighted by Crippen LogP contribution is 2.24. The van der Waals surface area contributed by atoms with Crippen LogP contribution in [0.2, 0.25) is 0 Å². The zero-order valence-electron chi connectivity index (χ0n) is 10.5. The van der Waals surface area contributed by atoms with Crippen LogP contribution in [-0.2, 0) is 7.05 Å². The lowest BCUT2D eigenvalue weighted by Crippen LogP contribution is -1.95. The minimum Gasteiger partial charge on any atom is -0.305 e. The molecule has 0 aliphatic carbocycles. The smallest absolute Gasteiger partial charge is 0.191 e. The Labute approximate surface area is 126 Å². The van der Waals surface area contributed by atoms with E-state index in [0.29, 0.717) is 5.88 Å². The lowest BCUT2D eigenvalue weighted by Gasteiger charge is -2.04. The summed E-state index contributed by atoms with van der Waals surface area (Å²) in [7, 11) is 1.98. The minimum atomic E-state index is 0.677. The van der Waals surface area contributed by atoms with Crippen molar-refractivity contribution in [3.63, 3.8) is 0 Å². The molecule has 2 aromatic rings. The third-order valence-electron chi connectivity index (χ3n) is 2.59. The average Bonchev–Trinajstić information content (AvgIpc) is 2.81. The second-order valence-electron chi connectivity index (χ2n) is 3.90. The second kappa shape index (κ2) is 7.19. The summed E-state index contributed by atoms with van der Waals surface area (Å²) in [6.07, 6.45) is 0.969. The maximum atomic E-state index is 5.67. The molecule has 102 valence electrons. The largest absolute Gasteiger partial charge is 0.305 e. The monoisotopic (exact) mass is 314 g/mol. The first-order valence-electron chi connectivity index (χ1n) is 5.81. The third-order valence-corrected chi connectivity index (χ3v) is 4.51. The van der Waals surface area contributed by atoms with Crippen LogP contribution in [-0.4, -0.2) is 26.4 Å². The van der Waals surface area contributed by atoms with Crippen LogP contribution in [0.4, 0.5) is 0 Å². The zero-order valence-corrected chi connectivity index (χ0v) is 12.9. The fourth-order valence-electron chi connectivity index (χ4n) is 1.59. The molecule has 2 N–H and O–H groups in total. The van der Waals surface area contributed by atoms with E-state index in [1.54, 1.807) is 11.8 Å². The Morgan fingerprint density at radius 1 is 1.26 bits per heavy atom. The number of nitrogens with zero attached hydrogens (tertiary/aromatic N) is 3. The molecule has 0 saturated carbocycles. The summed E-state index contributed by atoms with van der Waals surface area (Å²) in [6.45, 7) is 0. The fraction of sp³-hybridized carbons (Fsp3) is 0.333. The van der Waals surface area contributed by atoms with E-state index in [1.165, 1.54) is 11.9 Å². The van der Waals surface area contributed by atoms with Gasteiger partial charge in [0.1, 0.15) is 0 Å². The van der Waals surface area contributed by atoms with Crippen LogP contribution in [0.3, 0.4) is 0 Å². The molecule has 4 nitrogen and oxygen atoms in total. The first-order valence-corrected chi connectivity index (χ1v) is 8.21. The molecule has 7 heteroatoms. The molecule has 0 amide bonds. The molecule has 0 unspecified atom stereocenters. The molecule has 0 radical (unpaired) electrons. The number of halogens is 1. The number of thioether (sulfide) groups is 1. The van der Waals surface area contributed by atoms with Gasteiger partial charge in [0.2, 0.25) is 0 Å². The highest BCUT2D eigenvalue weighted by molar-refractivity contribution is 7.99. The molecular formula is C12H15ClN4S2. The van der Waals surface area contributed by atoms with Gasteiger partial charge < -0.3 is 4.57 Å². The topological polar surface area (TPSA) is 56.7 Å². The van der Waals surface area contributed by atoms with Crippen LogP contribution in [0.1, 0.15) is 6.42 Å². The summed E-state index contributed by atoms with van der Waals surface area (Å²) in [5, 5.41) is 14.9. The van der Waals surface area contributed by atoms with Crippen molar-refractivity contribution in [2.75, 3.05) is 11.6 Å². The number of rotatable bonds is 6. The van der Waals surface area contributed by atoms with Crippen molar-refractivity contribution < 1.29 is 0 Å². The molecule has 1 heterocycles. The molecule has 0 aliphatic rings. The van der Waals surface area contributed by atoms with Crippen molar-refractivity contribution in [1.29, 1.82) is 0 Å². The molecule has 0 fully saturated rings. The zero-order chi connectivity index (χ0) is 13.7. The highest BCUT2D eigenvalue weighted by Gasteiger charge is 2.10. The van der Waals surface area contributed by atoms with Crippen LogP contribution < -0.4 is 5.14 Å². The summed E-state index contributed by atoms with van der Waals surface area (Å²) in [6, 6.07) is 7.98. The Morgan fingerprint density at radius 2 is 2.00 bits per heavy atom. The number of nitrogens with two attached hydrogens (primary N) is 1. The predicted octanol–water partition coefficient (Wildman–Crippen LogP) is 3.17. The minimum absolute atomic E-state index is 0.677. The lowest BCUT2D eigenvalue weighted by molar-refractivity contribution is 0.793. The molecule has 0 bridgehead atoms. The van der Waals surface area contributed by atoms with Crippen LogP contribution in [0.15, 0.2) is 34.3 Å². The Balaban J connectivity index is 2.15. The highest BCUT2D eigenvalue weighted by atomic mass is 35.5. The van der Waals surface area contributed by atoms with Gasteiger partial charge in [-0.25, -0.2) is 0 Å². The van der Waals surface area contributed by atoms with Gasteiger partial charge in [-0.05, 0) is 30.5 Å². The van der Waals surface area contributed by atoms with E-state index in [1.807, 2.05) is 35.9 Å². The summed E-state index contributed by atoms with van der Waals surface area (Å²) in [4.78, 5) is 1.03. The van der Waals surface area contributed by atoms with Gasteiger partial charge >= 0.3 is 0 Å². The summed E-state index contributed by atoms with van der Waals surface area (Å²) < 4.78 is 2.00. The molecule has 1 aromatic heterocycles. The molecule has 2 rings (SSSR count). The maximum Gasteiger partial charge on any atom is 0.191 e. The van der Waals surface area contributed by atoms with Gasteiger partial charge in [0.15, 0.2) is 11.0 Å². The van der Waals surface area contributed by atoms with Crippen molar-refractivity contribution >= 4 is 35.3 Å². The standard InChI is InChI=1S/C12H15ClN4S2/c1-17-11(9-3-5-10(19-14)6-4-9)15-16-12(17)18-8-2-7-13/h3-6H,2,7-8,14H2,1H3. The van der Waals surface area contributed by atoms with Gasteiger partial charge in [0.05, 0.1) is 0 Å². The van der Waals surface area contributed by atoms with Crippen LogP contribution in [0.25, 0.3) is 11.4 Å². The van der Waals surface area contributed by atoms with Crippen molar-refractivity contribution in [2.24, 2.45) is 12.2 Å². The second-order valence-corrected chi connectivity index (χ2v) is 6.05. The van der Waals surface area contributed by atoms with Crippen molar-refractivity contribution in [3.05, 3.63) is 24.3 Å². The molecule has 0 atom stereocenters. The predicted molar refractivity (Wildman–Crippen MR) is 82.5 cm³/mol. The van der Waals surface area contributed by atoms with Gasteiger partial charge in [0.25, 0.3) is 0 Å². The Kier molecular flexibility index (Phi) is 5.57. The Morgan fingerprint density at radius 3 is 2.63 bits per heavy atom. The number of alkyl halides is 1.